The van der Waals surface area contributed by atoms with Crippen molar-refractivity contribution in [2.45, 2.75) is 19.0 Å². The van der Waals surface area contributed by atoms with Crippen LogP contribution in [0, 0.1) is 5.82 Å². The van der Waals surface area contributed by atoms with Gasteiger partial charge in [0.25, 0.3) is 5.91 Å². The fraction of sp³-hybridized carbons (Fsp3) is 0.444. The highest BCUT2D eigenvalue weighted by Crippen LogP contribution is 2.19. The summed E-state index contributed by atoms with van der Waals surface area (Å²) in [5, 5.41) is 0. The number of carbonyl (C=O) groups excluding carboxylic acids is 4. The van der Waals surface area contributed by atoms with E-state index in [1.807, 2.05) is 0 Å². The Morgan fingerprint density at radius 2 is 1.78 bits per heavy atom. The van der Waals surface area contributed by atoms with Gasteiger partial charge < -0.3 is 14.7 Å². The molecule has 8 nitrogen and oxygen atoms in total. The van der Waals surface area contributed by atoms with Crippen LogP contribution in [0.1, 0.15) is 12.0 Å². The summed E-state index contributed by atoms with van der Waals surface area (Å²) in [4.78, 5) is 54.0. The molecule has 0 unspecified atom stereocenters. The number of rotatable bonds is 4. The van der Waals surface area contributed by atoms with Crippen LogP contribution in [0.25, 0.3) is 0 Å². The predicted molar refractivity (Wildman–Crippen MR) is 92.7 cm³/mol. The van der Waals surface area contributed by atoms with Crippen LogP contribution in [0.15, 0.2) is 24.3 Å². The average molecular weight is 376 g/mol. The summed E-state index contributed by atoms with van der Waals surface area (Å²) in [5.74, 6) is -1.30. The maximum Gasteiger partial charge on any atom is 0.326 e. The Labute approximate surface area is 156 Å². The zero-order valence-corrected chi connectivity index (χ0v) is 15.2. The molecule has 27 heavy (non-hydrogen) atoms. The molecule has 0 aromatic heterocycles. The molecule has 0 bridgehead atoms. The molecule has 0 aliphatic carbocycles. The van der Waals surface area contributed by atoms with E-state index in [1.54, 1.807) is 17.0 Å². The SMILES string of the molecule is CN1C(=O)[C@H](CC(=O)N2CCN(Cc3ccc(F)cc3)C(=O)C2)N(C)C1=O. The molecule has 0 radical (unpaired) electrons. The van der Waals surface area contributed by atoms with E-state index in [4.69, 9.17) is 0 Å². The summed E-state index contributed by atoms with van der Waals surface area (Å²) in [6, 6.07) is 4.64. The highest BCUT2D eigenvalue weighted by atomic mass is 19.1. The van der Waals surface area contributed by atoms with Crippen LogP contribution < -0.4 is 0 Å². The molecule has 144 valence electrons. The fourth-order valence-electron chi connectivity index (χ4n) is 3.27. The summed E-state index contributed by atoms with van der Waals surface area (Å²) in [5.41, 5.74) is 0.809. The number of hydrogen-bond acceptors (Lipinski definition) is 4. The lowest BCUT2D eigenvalue weighted by molar-refractivity contribution is -0.146. The average Bonchev–Trinajstić information content (AvgIpc) is 2.83. The van der Waals surface area contributed by atoms with Crippen molar-refractivity contribution >= 4 is 23.8 Å². The molecular formula is C18H21FN4O4. The van der Waals surface area contributed by atoms with Gasteiger partial charge in [0.15, 0.2) is 0 Å². The zero-order chi connectivity index (χ0) is 19.7. The third kappa shape index (κ3) is 3.76. The molecule has 5 amide bonds. The predicted octanol–water partition coefficient (Wildman–Crippen LogP) is 0.279. The molecule has 2 fully saturated rings. The number of urea groups is 1. The maximum absolute atomic E-state index is 13.0. The molecular weight excluding hydrogens is 355 g/mol. The van der Waals surface area contributed by atoms with Gasteiger partial charge in [-0.25, -0.2) is 9.18 Å². The first-order valence-electron chi connectivity index (χ1n) is 8.62. The van der Waals surface area contributed by atoms with Gasteiger partial charge in [0.1, 0.15) is 11.9 Å². The molecule has 1 atom stereocenters. The molecule has 2 aliphatic rings. The maximum atomic E-state index is 13.0. The summed E-state index contributed by atoms with van der Waals surface area (Å²) < 4.78 is 13.0. The van der Waals surface area contributed by atoms with Crippen LogP contribution in [-0.4, -0.2) is 83.1 Å². The molecule has 3 rings (SSSR count). The van der Waals surface area contributed by atoms with Crippen LogP contribution in [0.2, 0.25) is 0 Å². The number of imide groups is 1. The number of nitrogens with zero attached hydrogens (tertiary/aromatic N) is 4. The monoisotopic (exact) mass is 376 g/mol. The van der Waals surface area contributed by atoms with Crippen molar-refractivity contribution < 1.29 is 23.6 Å². The second-order valence-corrected chi connectivity index (χ2v) is 6.77. The van der Waals surface area contributed by atoms with Crippen LogP contribution in [0.4, 0.5) is 9.18 Å². The van der Waals surface area contributed by atoms with Gasteiger partial charge in [-0.05, 0) is 17.7 Å². The van der Waals surface area contributed by atoms with Gasteiger partial charge >= 0.3 is 6.03 Å². The molecule has 0 spiro atoms. The van der Waals surface area contributed by atoms with Crippen molar-refractivity contribution in [3.05, 3.63) is 35.6 Å². The number of carbonyl (C=O) groups is 4. The largest absolute Gasteiger partial charge is 0.335 e. The number of halogens is 1. The van der Waals surface area contributed by atoms with Crippen molar-refractivity contribution in [1.29, 1.82) is 0 Å². The van der Waals surface area contributed by atoms with E-state index in [2.05, 4.69) is 0 Å². The lowest BCUT2D eigenvalue weighted by Crippen LogP contribution is -2.52. The first-order valence-corrected chi connectivity index (χ1v) is 8.62. The summed E-state index contributed by atoms with van der Waals surface area (Å²) in [6.07, 6.45) is -0.142. The second kappa shape index (κ2) is 7.34. The van der Waals surface area contributed by atoms with E-state index in [0.717, 1.165) is 10.5 Å². The Hall–Kier alpha value is -2.97. The normalized spacial score (nSPS) is 20.7. The number of hydrogen-bond donors (Lipinski definition) is 0. The highest BCUT2D eigenvalue weighted by molar-refractivity contribution is 6.05. The zero-order valence-electron chi connectivity index (χ0n) is 15.2. The molecule has 0 saturated carbocycles. The number of amides is 5. The number of likely N-dealkylation sites (N-methyl/N-ethyl adjacent to an activating group) is 2. The van der Waals surface area contributed by atoms with Crippen molar-refractivity contribution in [3.8, 4) is 0 Å². The topological polar surface area (TPSA) is 81.2 Å². The number of piperazine rings is 1. The summed E-state index contributed by atoms with van der Waals surface area (Å²) in [6.45, 7) is 0.980. The Morgan fingerprint density at radius 1 is 1.11 bits per heavy atom. The standard InChI is InChI=1S/C18H21FN4O4/c1-20-14(17(26)21(2)18(20)27)9-15(24)23-8-7-22(16(25)11-23)10-12-3-5-13(19)6-4-12/h3-6,14H,7-11H2,1-2H3/t14-/m0/s1. The van der Waals surface area contributed by atoms with Gasteiger partial charge in [-0.1, -0.05) is 12.1 Å². The van der Waals surface area contributed by atoms with Gasteiger partial charge in [-0.2, -0.15) is 0 Å². The van der Waals surface area contributed by atoms with E-state index < -0.39 is 18.0 Å². The Bertz CT molecular complexity index is 782. The van der Waals surface area contributed by atoms with Crippen LogP contribution >= 0.6 is 0 Å². The van der Waals surface area contributed by atoms with E-state index in [-0.39, 0.29) is 30.6 Å². The summed E-state index contributed by atoms with van der Waals surface area (Å²) in [7, 11) is 2.86. The minimum Gasteiger partial charge on any atom is -0.335 e. The minimum atomic E-state index is -0.831. The molecule has 1 aromatic carbocycles. The third-order valence-corrected chi connectivity index (χ3v) is 5.00. The number of benzene rings is 1. The van der Waals surface area contributed by atoms with Gasteiger partial charge in [0.05, 0.1) is 13.0 Å². The van der Waals surface area contributed by atoms with Gasteiger partial charge in [0.2, 0.25) is 11.8 Å². The van der Waals surface area contributed by atoms with E-state index in [0.29, 0.717) is 19.6 Å². The van der Waals surface area contributed by atoms with Crippen LogP contribution in [-0.2, 0) is 20.9 Å². The smallest absolute Gasteiger partial charge is 0.326 e. The van der Waals surface area contributed by atoms with E-state index >= 15 is 0 Å². The van der Waals surface area contributed by atoms with Crippen molar-refractivity contribution in [3.63, 3.8) is 0 Å². The first kappa shape index (κ1) is 18.8. The first-order chi connectivity index (χ1) is 12.8. The second-order valence-electron chi connectivity index (χ2n) is 6.77. The third-order valence-electron chi connectivity index (χ3n) is 5.00. The lowest BCUT2D eigenvalue weighted by atomic mass is 10.1. The molecule has 0 N–H and O–H groups in total. The van der Waals surface area contributed by atoms with Gasteiger partial charge in [0, 0.05) is 33.7 Å². The van der Waals surface area contributed by atoms with Crippen molar-refractivity contribution in [2.75, 3.05) is 33.7 Å². The Kier molecular flexibility index (Phi) is 5.11. The highest BCUT2D eigenvalue weighted by Gasteiger charge is 2.42. The minimum absolute atomic E-state index is 0.0750. The molecule has 9 heteroatoms. The van der Waals surface area contributed by atoms with Crippen molar-refractivity contribution in [2.24, 2.45) is 0 Å². The molecule has 2 aliphatic heterocycles. The molecule has 2 heterocycles. The van der Waals surface area contributed by atoms with E-state index in [1.165, 1.54) is 36.0 Å². The van der Waals surface area contributed by atoms with Gasteiger partial charge in [-0.3, -0.25) is 19.3 Å². The van der Waals surface area contributed by atoms with Gasteiger partial charge in [-0.15, -0.1) is 0 Å². The fourth-order valence-corrected chi connectivity index (χ4v) is 3.27. The summed E-state index contributed by atoms with van der Waals surface area (Å²) >= 11 is 0. The van der Waals surface area contributed by atoms with Crippen LogP contribution in [0.3, 0.4) is 0 Å². The van der Waals surface area contributed by atoms with Crippen LogP contribution in [0.5, 0.6) is 0 Å². The lowest BCUT2D eigenvalue weighted by Gasteiger charge is -2.35. The Balaban J connectivity index is 1.56. The molecule has 1 aromatic rings. The van der Waals surface area contributed by atoms with E-state index in [9.17, 15) is 23.6 Å². The Morgan fingerprint density at radius 3 is 2.33 bits per heavy atom. The molecule has 2 saturated heterocycles. The van der Waals surface area contributed by atoms with Crippen molar-refractivity contribution in [1.82, 2.24) is 19.6 Å². The quantitative estimate of drug-likeness (QED) is 0.707.